The number of aromatic nitrogens is 1. The molecule has 0 atom stereocenters. The quantitative estimate of drug-likeness (QED) is 0.872. The summed E-state index contributed by atoms with van der Waals surface area (Å²) >= 11 is 1.86. The molecule has 1 aromatic carbocycles. The molecule has 1 amide bonds. The first-order valence-electron chi connectivity index (χ1n) is 7.52. The SMILES string of the molecule is Cc1ccc2c(c1)c(N=NC(=O)C1CC1)c(O)n2C1CSC1. The number of carbonyl (C=O) groups is 1. The van der Waals surface area contributed by atoms with Crippen molar-refractivity contribution in [3.8, 4) is 5.88 Å². The first-order chi connectivity index (χ1) is 10.6. The molecule has 1 saturated heterocycles. The minimum atomic E-state index is -0.174. The molecule has 0 unspecified atom stereocenters. The molecular formula is C16H17N3O2S. The maximum atomic E-state index is 11.7. The van der Waals surface area contributed by atoms with Crippen LogP contribution in [0.2, 0.25) is 0 Å². The Morgan fingerprint density at radius 2 is 2.14 bits per heavy atom. The van der Waals surface area contributed by atoms with Crippen molar-refractivity contribution < 1.29 is 9.90 Å². The molecule has 0 spiro atoms. The number of aromatic hydroxyl groups is 1. The van der Waals surface area contributed by atoms with Crippen LogP contribution in [0.3, 0.4) is 0 Å². The molecule has 114 valence electrons. The van der Waals surface area contributed by atoms with Crippen LogP contribution in [0.25, 0.3) is 10.9 Å². The zero-order valence-corrected chi connectivity index (χ0v) is 13.1. The molecule has 6 heteroatoms. The summed E-state index contributed by atoms with van der Waals surface area (Å²) in [6.45, 7) is 2.00. The highest BCUT2D eigenvalue weighted by Crippen LogP contribution is 2.45. The molecule has 2 heterocycles. The van der Waals surface area contributed by atoms with Crippen molar-refractivity contribution in [1.82, 2.24) is 4.57 Å². The summed E-state index contributed by atoms with van der Waals surface area (Å²) in [5.74, 6) is 1.97. The van der Waals surface area contributed by atoms with Gasteiger partial charge < -0.3 is 9.67 Å². The molecule has 1 aliphatic carbocycles. The van der Waals surface area contributed by atoms with Crippen molar-refractivity contribution in [3.05, 3.63) is 23.8 Å². The van der Waals surface area contributed by atoms with Crippen molar-refractivity contribution >= 4 is 34.3 Å². The molecular weight excluding hydrogens is 298 g/mol. The summed E-state index contributed by atoms with van der Waals surface area (Å²) in [4.78, 5) is 11.7. The Balaban J connectivity index is 1.83. The second-order valence-electron chi connectivity index (χ2n) is 6.07. The summed E-state index contributed by atoms with van der Waals surface area (Å²) in [5, 5.41) is 19.4. The lowest BCUT2D eigenvalue weighted by molar-refractivity contribution is -0.119. The van der Waals surface area contributed by atoms with Crippen LogP contribution >= 0.6 is 11.8 Å². The number of nitrogens with zero attached hydrogens (tertiary/aromatic N) is 3. The highest BCUT2D eigenvalue weighted by molar-refractivity contribution is 8.00. The van der Waals surface area contributed by atoms with E-state index in [-0.39, 0.29) is 17.7 Å². The average molecular weight is 315 g/mol. The Morgan fingerprint density at radius 3 is 2.77 bits per heavy atom. The van der Waals surface area contributed by atoms with Gasteiger partial charge in [0.05, 0.1) is 11.6 Å². The van der Waals surface area contributed by atoms with Crippen LogP contribution in [0.15, 0.2) is 28.4 Å². The van der Waals surface area contributed by atoms with Crippen LogP contribution in [0.4, 0.5) is 5.69 Å². The Labute approximate surface area is 132 Å². The number of hydrogen-bond donors (Lipinski definition) is 1. The van der Waals surface area contributed by atoms with Crippen molar-refractivity contribution in [2.75, 3.05) is 11.5 Å². The molecule has 22 heavy (non-hydrogen) atoms. The molecule has 1 saturated carbocycles. The van der Waals surface area contributed by atoms with Gasteiger partial charge in [0.25, 0.3) is 5.91 Å². The number of thioether (sulfide) groups is 1. The van der Waals surface area contributed by atoms with Gasteiger partial charge in [-0.2, -0.15) is 11.8 Å². The lowest BCUT2D eigenvalue weighted by Crippen LogP contribution is -2.22. The third-order valence-electron chi connectivity index (χ3n) is 4.27. The summed E-state index contributed by atoms with van der Waals surface area (Å²) < 4.78 is 1.93. The fourth-order valence-corrected chi connectivity index (χ4v) is 3.49. The maximum absolute atomic E-state index is 11.7. The monoisotopic (exact) mass is 315 g/mol. The predicted molar refractivity (Wildman–Crippen MR) is 86.9 cm³/mol. The van der Waals surface area contributed by atoms with Gasteiger partial charge in [0.2, 0.25) is 5.88 Å². The normalized spacial score (nSPS) is 19.0. The predicted octanol–water partition coefficient (Wildman–Crippen LogP) is 3.96. The van der Waals surface area contributed by atoms with E-state index in [4.69, 9.17) is 0 Å². The van der Waals surface area contributed by atoms with E-state index in [2.05, 4.69) is 10.2 Å². The molecule has 2 aromatic rings. The minimum Gasteiger partial charge on any atom is -0.493 e. The zero-order chi connectivity index (χ0) is 15.3. The van der Waals surface area contributed by atoms with Gasteiger partial charge in [-0.1, -0.05) is 11.6 Å². The highest BCUT2D eigenvalue weighted by atomic mass is 32.2. The zero-order valence-electron chi connectivity index (χ0n) is 12.3. The Hall–Kier alpha value is -1.82. The van der Waals surface area contributed by atoms with Gasteiger partial charge >= 0.3 is 0 Å². The van der Waals surface area contributed by atoms with Crippen LogP contribution in [0, 0.1) is 12.8 Å². The van der Waals surface area contributed by atoms with Crippen LogP contribution < -0.4 is 0 Å². The van der Waals surface area contributed by atoms with E-state index in [1.807, 2.05) is 41.5 Å². The number of carbonyl (C=O) groups excluding carboxylic acids is 1. The molecule has 5 nitrogen and oxygen atoms in total. The molecule has 1 aromatic heterocycles. The van der Waals surface area contributed by atoms with E-state index in [0.717, 1.165) is 40.8 Å². The molecule has 0 bridgehead atoms. The van der Waals surface area contributed by atoms with Gasteiger partial charge in [-0.15, -0.1) is 10.2 Å². The molecule has 1 aliphatic heterocycles. The Bertz CT molecular complexity index is 788. The average Bonchev–Trinajstić information content (AvgIpc) is 3.24. The number of benzene rings is 1. The van der Waals surface area contributed by atoms with Gasteiger partial charge in [-0.25, -0.2) is 0 Å². The number of azo groups is 1. The summed E-state index contributed by atoms with van der Waals surface area (Å²) in [6.07, 6.45) is 1.81. The van der Waals surface area contributed by atoms with Crippen LogP contribution in [-0.4, -0.2) is 27.1 Å². The fraction of sp³-hybridized carbons (Fsp3) is 0.438. The Kier molecular flexibility index (Phi) is 3.22. The first kappa shape index (κ1) is 13.8. The molecule has 2 fully saturated rings. The first-order valence-corrected chi connectivity index (χ1v) is 8.67. The van der Waals surface area contributed by atoms with E-state index in [0.29, 0.717) is 11.7 Å². The standard InChI is InChI=1S/C16H17N3O2S/c1-9-2-5-13-12(6-9)14(17-18-15(20)10-3-4-10)16(21)19(13)11-7-22-8-11/h2,5-6,10-11,21H,3-4,7-8H2,1H3. The topological polar surface area (TPSA) is 66.9 Å². The number of aryl methyl sites for hydroxylation is 1. The molecule has 1 N–H and O–H groups in total. The maximum Gasteiger partial charge on any atom is 0.267 e. The van der Waals surface area contributed by atoms with Crippen molar-refractivity contribution in [2.24, 2.45) is 16.1 Å². The molecule has 0 radical (unpaired) electrons. The van der Waals surface area contributed by atoms with Crippen LogP contribution in [0.1, 0.15) is 24.4 Å². The Morgan fingerprint density at radius 1 is 1.36 bits per heavy atom. The lowest BCUT2D eigenvalue weighted by atomic mass is 10.1. The third-order valence-corrected chi connectivity index (χ3v) is 5.51. The van der Waals surface area contributed by atoms with Gasteiger partial charge in [0, 0.05) is 22.8 Å². The van der Waals surface area contributed by atoms with E-state index in [1.165, 1.54) is 0 Å². The van der Waals surface area contributed by atoms with Crippen LogP contribution in [0.5, 0.6) is 5.88 Å². The number of fused-ring (bicyclic) bond motifs is 1. The second-order valence-corrected chi connectivity index (χ2v) is 7.14. The van der Waals surface area contributed by atoms with Crippen molar-refractivity contribution in [3.63, 3.8) is 0 Å². The van der Waals surface area contributed by atoms with Gasteiger partial charge in [-0.3, -0.25) is 4.79 Å². The summed E-state index contributed by atoms with van der Waals surface area (Å²) in [7, 11) is 0. The summed E-state index contributed by atoms with van der Waals surface area (Å²) in [6, 6.07) is 6.32. The molecule has 4 rings (SSSR count). The minimum absolute atomic E-state index is 0.0454. The van der Waals surface area contributed by atoms with Crippen LogP contribution in [-0.2, 0) is 4.79 Å². The molecule has 2 aliphatic rings. The number of rotatable bonds is 3. The largest absolute Gasteiger partial charge is 0.493 e. The van der Waals surface area contributed by atoms with Crippen molar-refractivity contribution in [1.29, 1.82) is 0 Å². The third kappa shape index (κ3) is 2.22. The van der Waals surface area contributed by atoms with Gasteiger partial charge in [-0.05, 0) is 31.9 Å². The van der Waals surface area contributed by atoms with E-state index in [9.17, 15) is 9.90 Å². The van der Waals surface area contributed by atoms with E-state index < -0.39 is 0 Å². The van der Waals surface area contributed by atoms with Gasteiger partial charge in [0.1, 0.15) is 0 Å². The van der Waals surface area contributed by atoms with Gasteiger partial charge in [0.15, 0.2) is 5.69 Å². The lowest BCUT2D eigenvalue weighted by Gasteiger charge is -2.27. The second kappa shape index (κ2) is 5.12. The van der Waals surface area contributed by atoms with Crippen molar-refractivity contribution in [2.45, 2.75) is 25.8 Å². The van der Waals surface area contributed by atoms with E-state index >= 15 is 0 Å². The summed E-state index contributed by atoms with van der Waals surface area (Å²) in [5.41, 5.74) is 2.48. The fourth-order valence-electron chi connectivity index (χ4n) is 2.75. The highest BCUT2D eigenvalue weighted by Gasteiger charge is 2.30. The smallest absolute Gasteiger partial charge is 0.267 e. The van der Waals surface area contributed by atoms with E-state index in [1.54, 1.807) is 0 Å². The number of amides is 1. The number of hydrogen-bond acceptors (Lipinski definition) is 4.